The Morgan fingerprint density at radius 1 is 1.36 bits per heavy atom. The van der Waals surface area contributed by atoms with Crippen LogP contribution >= 0.6 is 15.9 Å². The van der Waals surface area contributed by atoms with Crippen LogP contribution < -0.4 is 5.56 Å². The average Bonchev–Trinajstić information content (AvgIpc) is 3.20. The molecule has 0 saturated carbocycles. The summed E-state index contributed by atoms with van der Waals surface area (Å²) >= 11 is 3.41. The van der Waals surface area contributed by atoms with Gasteiger partial charge < -0.3 is 19.2 Å². The van der Waals surface area contributed by atoms with Crippen LogP contribution in [0, 0.1) is 0 Å². The quantitative estimate of drug-likeness (QED) is 0.715. The standard InChI is InChI=1S/C19H22BrN3O5/c1-18(2,3)28-17(25)23-10-19(26-6-7-27-19)9-14(23)15-21-13-8-11(20)4-5-12(13)16(24)22-15/h4-5,8,14H,6-7,9-10H2,1-3H3,(H,21,22,24)/t14-/m0/s1. The van der Waals surface area contributed by atoms with Gasteiger partial charge in [0.25, 0.3) is 5.56 Å². The summed E-state index contributed by atoms with van der Waals surface area (Å²) in [6, 6.07) is 4.75. The third-order valence-corrected chi connectivity index (χ3v) is 5.23. The Balaban J connectivity index is 1.75. The van der Waals surface area contributed by atoms with Crippen molar-refractivity contribution in [3.63, 3.8) is 0 Å². The molecule has 1 spiro atoms. The summed E-state index contributed by atoms with van der Waals surface area (Å²) < 4.78 is 18.0. The van der Waals surface area contributed by atoms with E-state index in [4.69, 9.17) is 14.2 Å². The van der Waals surface area contributed by atoms with E-state index in [0.29, 0.717) is 36.4 Å². The third kappa shape index (κ3) is 3.66. The molecule has 0 bridgehead atoms. The fourth-order valence-electron chi connectivity index (χ4n) is 3.59. The van der Waals surface area contributed by atoms with E-state index >= 15 is 0 Å². The second-order valence-corrected chi connectivity index (χ2v) is 8.96. The lowest BCUT2D eigenvalue weighted by molar-refractivity contribution is -0.145. The van der Waals surface area contributed by atoms with Crippen LogP contribution in [0.3, 0.4) is 0 Å². The molecule has 150 valence electrons. The molecule has 0 unspecified atom stereocenters. The fraction of sp³-hybridized carbons (Fsp3) is 0.526. The topological polar surface area (TPSA) is 93.8 Å². The summed E-state index contributed by atoms with van der Waals surface area (Å²) in [6.07, 6.45) is -0.125. The maximum absolute atomic E-state index is 12.9. The average molecular weight is 452 g/mol. The lowest BCUT2D eigenvalue weighted by atomic mass is 10.1. The number of nitrogens with zero attached hydrogens (tertiary/aromatic N) is 2. The van der Waals surface area contributed by atoms with Gasteiger partial charge in [-0.3, -0.25) is 9.69 Å². The van der Waals surface area contributed by atoms with Crippen molar-refractivity contribution in [3.05, 3.63) is 38.9 Å². The molecule has 0 aliphatic carbocycles. The van der Waals surface area contributed by atoms with E-state index in [1.807, 2.05) is 20.8 Å². The van der Waals surface area contributed by atoms with Gasteiger partial charge in [-0.25, -0.2) is 9.78 Å². The van der Waals surface area contributed by atoms with Crippen LogP contribution in [-0.4, -0.2) is 52.1 Å². The van der Waals surface area contributed by atoms with Crippen molar-refractivity contribution in [2.45, 2.75) is 44.6 Å². The van der Waals surface area contributed by atoms with Crippen LogP contribution in [0.1, 0.15) is 39.1 Å². The van der Waals surface area contributed by atoms with Gasteiger partial charge >= 0.3 is 6.09 Å². The van der Waals surface area contributed by atoms with Gasteiger partial charge in [0.05, 0.1) is 36.7 Å². The zero-order valence-corrected chi connectivity index (χ0v) is 17.5. The number of amides is 1. The highest BCUT2D eigenvalue weighted by molar-refractivity contribution is 9.10. The van der Waals surface area contributed by atoms with Crippen molar-refractivity contribution in [2.24, 2.45) is 0 Å². The van der Waals surface area contributed by atoms with Crippen LogP contribution in [0.15, 0.2) is 27.5 Å². The monoisotopic (exact) mass is 451 g/mol. The molecule has 3 heterocycles. The smallest absolute Gasteiger partial charge is 0.411 e. The maximum atomic E-state index is 12.9. The van der Waals surface area contributed by atoms with Crippen molar-refractivity contribution in [1.82, 2.24) is 14.9 Å². The summed E-state index contributed by atoms with van der Waals surface area (Å²) in [5.41, 5.74) is -0.360. The van der Waals surface area contributed by atoms with E-state index in [1.165, 1.54) is 4.90 Å². The molecule has 1 atom stereocenters. The lowest BCUT2D eigenvalue weighted by Crippen LogP contribution is -2.40. The Hall–Kier alpha value is -1.97. The summed E-state index contributed by atoms with van der Waals surface area (Å²) in [5, 5.41) is 0.483. The van der Waals surface area contributed by atoms with Gasteiger partial charge in [-0.05, 0) is 39.0 Å². The van der Waals surface area contributed by atoms with Crippen molar-refractivity contribution in [2.75, 3.05) is 19.8 Å². The number of carbonyl (C=O) groups is 1. The van der Waals surface area contributed by atoms with Crippen LogP contribution in [0.5, 0.6) is 0 Å². The van der Waals surface area contributed by atoms with Gasteiger partial charge in [0.15, 0.2) is 5.79 Å². The summed E-state index contributed by atoms with van der Waals surface area (Å²) in [5.74, 6) is -0.510. The second-order valence-electron chi connectivity index (χ2n) is 8.05. The van der Waals surface area contributed by atoms with E-state index < -0.39 is 23.5 Å². The van der Waals surface area contributed by atoms with Crippen molar-refractivity contribution in [3.8, 4) is 0 Å². The number of aromatic amines is 1. The van der Waals surface area contributed by atoms with Crippen LogP contribution in [0.4, 0.5) is 4.79 Å². The largest absolute Gasteiger partial charge is 0.444 e. The number of ether oxygens (including phenoxy) is 3. The normalized spacial score (nSPS) is 21.6. The minimum atomic E-state index is -0.896. The van der Waals surface area contributed by atoms with Crippen molar-refractivity contribution in [1.29, 1.82) is 0 Å². The highest BCUT2D eigenvalue weighted by Crippen LogP contribution is 2.42. The number of nitrogens with one attached hydrogen (secondary N) is 1. The van der Waals surface area contributed by atoms with E-state index in [0.717, 1.165) is 4.47 Å². The molecule has 2 aliphatic rings. The Bertz CT molecular complexity index is 978. The number of fused-ring (bicyclic) bond motifs is 1. The summed E-state index contributed by atoms with van der Waals surface area (Å²) in [6.45, 7) is 6.56. The van der Waals surface area contributed by atoms with Crippen molar-refractivity contribution >= 4 is 32.9 Å². The second kappa shape index (κ2) is 6.82. The molecule has 0 radical (unpaired) electrons. The first kappa shape index (κ1) is 19.4. The lowest BCUT2D eigenvalue weighted by Gasteiger charge is -2.28. The summed E-state index contributed by atoms with van der Waals surface area (Å²) in [7, 11) is 0. The molecular formula is C19H22BrN3O5. The number of H-pyrrole nitrogens is 1. The Morgan fingerprint density at radius 2 is 2.07 bits per heavy atom. The number of carbonyl (C=O) groups excluding carboxylic acids is 1. The van der Waals surface area contributed by atoms with Crippen LogP contribution in [0.25, 0.3) is 10.9 Å². The molecule has 1 aromatic heterocycles. The van der Waals surface area contributed by atoms with Gasteiger partial charge in [-0.2, -0.15) is 0 Å². The van der Waals surface area contributed by atoms with Gasteiger partial charge in [-0.15, -0.1) is 0 Å². The Kier molecular flexibility index (Phi) is 4.71. The Labute approximate surface area is 170 Å². The maximum Gasteiger partial charge on any atom is 0.411 e. The molecule has 2 aliphatic heterocycles. The first-order chi connectivity index (χ1) is 13.2. The number of halogens is 1. The molecule has 1 N–H and O–H groups in total. The number of aromatic nitrogens is 2. The molecule has 4 rings (SSSR count). The van der Waals surface area contributed by atoms with Crippen LogP contribution in [-0.2, 0) is 14.2 Å². The molecule has 2 fully saturated rings. The predicted octanol–water partition coefficient (Wildman–Crippen LogP) is 3.11. The van der Waals surface area contributed by atoms with E-state index in [1.54, 1.807) is 18.2 Å². The zero-order valence-electron chi connectivity index (χ0n) is 16.0. The number of benzene rings is 1. The number of hydrogen-bond acceptors (Lipinski definition) is 6. The third-order valence-electron chi connectivity index (χ3n) is 4.74. The van der Waals surface area contributed by atoms with E-state index in [2.05, 4.69) is 25.9 Å². The summed E-state index contributed by atoms with van der Waals surface area (Å²) in [4.78, 5) is 34.4. The van der Waals surface area contributed by atoms with Crippen LogP contribution in [0.2, 0.25) is 0 Å². The molecular weight excluding hydrogens is 430 g/mol. The molecule has 28 heavy (non-hydrogen) atoms. The van der Waals surface area contributed by atoms with Gasteiger partial charge in [0.1, 0.15) is 11.4 Å². The molecule has 1 aromatic carbocycles. The fourth-order valence-corrected chi connectivity index (χ4v) is 3.94. The van der Waals surface area contributed by atoms with Gasteiger partial charge in [-0.1, -0.05) is 15.9 Å². The molecule has 2 saturated heterocycles. The molecule has 9 heteroatoms. The predicted molar refractivity (Wildman–Crippen MR) is 105 cm³/mol. The van der Waals surface area contributed by atoms with E-state index in [-0.39, 0.29) is 12.1 Å². The number of rotatable bonds is 1. The first-order valence-electron chi connectivity index (χ1n) is 9.13. The SMILES string of the molecule is CC(C)(C)OC(=O)N1CC2(C[C@H]1c1nc3cc(Br)ccc3c(=O)[nH]1)OCCO2. The first-order valence-corrected chi connectivity index (χ1v) is 9.92. The minimum Gasteiger partial charge on any atom is -0.444 e. The number of likely N-dealkylation sites (tertiary alicyclic amines) is 1. The Morgan fingerprint density at radius 3 is 2.75 bits per heavy atom. The highest BCUT2D eigenvalue weighted by Gasteiger charge is 2.52. The highest BCUT2D eigenvalue weighted by atomic mass is 79.9. The van der Waals surface area contributed by atoms with E-state index in [9.17, 15) is 9.59 Å². The number of hydrogen-bond donors (Lipinski definition) is 1. The zero-order chi connectivity index (χ0) is 20.1. The van der Waals surface area contributed by atoms with Gasteiger partial charge in [0, 0.05) is 10.9 Å². The van der Waals surface area contributed by atoms with Crippen molar-refractivity contribution < 1.29 is 19.0 Å². The molecule has 1 amide bonds. The minimum absolute atomic E-state index is 0.215. The molecule has 2 aromatic rings. The van der Waals surface area contributed by atoms with Gasteiger partial charge in [0.2, 0.25) is 0 Å². The molecule has 8 nitrogen and oxygen atoms in total.